The van der Waals surface area contributed by atoms with E-state index in [1.165, 1.54) is 64.6 Å². The van der Waals surface area contributed by atoms with Crippen LogP contribution in [0.4, 0.5) is 0 Å². The number of benzene rings is 7. The number of hydrogen-bond donors (Lipinski definition) is 0. The van der Waals surface area contributed by atoms with Gasteiger partial charge in [0.15, 0.2) is 0 Å². The molecule has 0 unspecified atom stereocenters. The van der Waals surface area contributed by atoms with Gasteiger partial charge in [0, 0.05) is 19.8 Å². The van der Waals surface area contributed by atoms with E-state index in [0.29, 0.717) is 19.8 Å². The summed E-state index contributed by atoms with van der Waals surface area (Å²) in [4.78, 5) is 0. The molecular formula is C30H27O3Si. The summed E-state index contributed by atoms with van der Waals surface area (Å²) in [5.74, 6) is 0. The smallest absolute Gasteiger partial charge is 0.371 e. The Labute approximate surface area is 200 Å². The fraction of sp³-hybridized carbons (Fsp3) is 0.200. The highest BCUT2D eigenvalue weighted by Gasteiger charge is 2.19. The van der Waals surface area contributed by atoms with Gasteiger partial charge in [0.1, 0.15) is 0 Å². The van der Waals surface area contributed by atoms with Gasteiger partial charge in [-0.25, -0.2) is 0 Å². The minimum atomic E-state index is -1.40. The van der Waals surface area contributed by atoms with Crippen molar-refractivity contribution in [3.63, 3.8) is 0 Å². The molecule has 0 bridgehead atoms. The third-order valence-electron chi connectivity index (χ3n) is 6.67. The van der Waals surface area contributed by atoms with E-state index >= 15 is 0 Å². The van der Waals surface area contributed by atoms with Gasteiger partial charge in [-0.1, -0.05) is 72.8 Å². The van der Waals surface area contributed by atoms with E-state index in [2.05, 4.69) is 72.8 Å². The SMILES string of the molecule is CCO[Si](OCC)OCC.c1cc2ccc3ccc4ccc5ccc6ccc1c1c2c3c4c5c61. The van der Waals surface area contributed by atoms with Crippen molar-refractivity contribution >= 4 is 74.2 Å². The Balaban J connectivity index is 0.000000188. The molecule has 1 radical (unpaired) electrons. The first-order valence-corrected chi connectivity index (χ1v) is 13.3. The minimum absolute atomic E-state index is 0.661. The van der Waals surface area contributed by atoms with Crippen molar-refractivity contribution in [2.24, 2.45) is 0 Å². The summed E-state index contributed by atoms with van der Waals surface area (Å²) >= 11 is 0. The molecule has 4 heteroatoms. The maximum Gasteiger partial charge on any atom is 0.577 e. The molecular weight excluding hydrogens is 436 g/mol. The van der Waals surface area contributed by atoms with Crippen molar-refractivity contribution < 1.29 is 13.3 Å². The monoisotopic (exact) mass is 463 g/mol. The predicted octanol–water partition coefficient (Wildman–Crippen LogP) is 8.00. The molecule has 0 N–H and O–H groups in total. The Kier molecular flexibility index (Phi) is 5.46. The lowest BCUT2D eigenvalue weighted by Crippen LogP contribution is -2.27. The molecule has 34 heavy (non-hydrogen) atoms. The van der Waals surface area contributed by atoms with Gasteiger partial charge in [0.25, 0.3) is 0 Å². The van der Waals surface area contributed by atoms with Gasteiger partial charge in [-0.05, 0) is 85.4 Å². The van der Waals surface area contributed by atoms with E-state index in [1.807, 2.05) is 20.8 Å². The highest BCUT2D eigenvalue weighted by Crippen LogP contribution is 2.47. The van der Waals surface area contributed by atoms with Crippen molar-refractivity contribution in [2.45, 2.75) is 20.8 Å². The van der Waals surface area contributed by atoms with Crippen molar-refractivity contribution in [2.75, 3.05) is 19.8 Å². The summed E-state index contributed by atoms with van der Waals surface area (Å²) in [6.45, 7) is 7.78. The standard InChI is InChI=1S/C24H12.C6H15O3Si/c1-2-14-5-6-16-9-11-18-12-10-17-8-7-15-4-3-13(1)19-20(14)22(16)24(18)23(17)21(15)19;1-4-7-10(8-5-2)9-6-3/h1-12H;4-6H2,1-3H3. The van der Waals surface area contributed by atoms with Crippen LogP contribution in [0.25, 0.3) is 64.6 Å². The fourth-order valence-electron chi connectivity index (χ4n) is 5.37. The second-order valence-corrected chi connectivity index (χ2v) is 9.90. The van der Waals surface area contributed by atoms with Gasteiger partial charge in [-0.3, -0.25) is 0 Å². The second-order valence-electron chi connectivity index (χ2n) is 8.53. The first kappa shape index (κ1) is 21.5. The van der Waals surface area contributed by atoms with Crippen LogP contribution in [0.15, 0.2) is 72.8 Å². The maximum absolute atomic E-state index is 5.18. The Bertz CT molecular complexity index is 1300. The topological polar surface area (TPSA) is 27.7 Å². The zero-order valence-electron chi connectivity index (χ0n) is 19.8. The second kappa shape index (κ2) is 8.64. The lowest BCUT2D eigenvalue weighted by atomic mass is 9.83. The zero-order chi connectivity index (χ0) is 23.2. The van der Waals surface area contributed by atoms with E-state index in [9.17, 15) is 0 Å². The summed E-state index contributed by atoms with van der Waals surface area (Å²) in [6.07, 6.45) is 0. The summed E-state index contributed by atoms with van der Waals surface area (Å²) in [5.41, 5.74) is 0. The van der Waals surface area contributed by atoms with Crippen molar-refractivity contribution in [3.8, 4) is 0 Å². The molecule has 0 amide bonds. The van der Waals surface area contributed by atoms with E-state index < -0.39 is 9.53 Å². The van der Waals surface area contributed by atoms with Gasteiger partial charge in [0.2, 0.25) is 0 Å². The van der Waals surface area contributed by atoms with Gasteiger partial charge in [-0.2, -0.15) is 0 Å². The van der Waals surface area contributed by atoms with E-state index in [4.69, 9.17) is 13.3 Å². The molecule has 7 aromatic carbocycles. The van der Waals surface area contributed by atoms with Crippen LogP contribution >= 0.6 is 0 Å². The molecule has 7 rings (SSSR count). The molecule has 0 saturated carbocycles. The molecule has 7 aromatic rings. The molecule has 0 aliphatic rings. The maximum atomic E-state index is 5.18. The average Bonchev–Trinajstić information content (AvgIpc) is 2.88. The van der Waals surface area contributed by atoms with Gasteiger partial charge in [-0.15, -0.1) is 0 Å². The predicted molar refractivity (Wildman–Crippen MR) is 146 cm³/mol. The molecule has 0 saturated heterocycles. The van der Waals surface area contributed by atoms with Gasteiger partial charge < -0.3 is 13.3 Å². The van der Waals surface area contributed by atoms with Crippen LogP contribution in [0.5, 0.6) is 0 Å². The van der Waals surface area contributed by atoms with Crippen LogP contribution in [-0.4, -0.2) is 29.3 Å². The summed E-state index contributed by atoms with van der Waals surface area (Å²) in [6, 6.07) is 27.3. The Morgan fingerprint density at radius 3 is 0.706 bits per heavy atom. The van der Waals surface area contributed by atoms with Crippen molar-refractivity contribution in [1.29, 1.82) is 0 Å². The van der Waals surface area contributed by atoms with E-state index in [-0.39, 0.29) is 0 Å². The normalized spacial score (nSPS) is 12.4. The van der Waals surface area contributed by atoms with Gasteiger partial charge in [0.05, 0.1) is 0 Å². The van der Waals surface area contributed by atoms with Crippen molar-refractivity contribution in [1.82, 2.24) is 0 Å². The third-order valence-corrected chi connectivity index (χ3v) is 8.25. The molecule has 3 nitrogen and oxygen atoms in total. The Hall–Kier alpha value is -3.02. The molecule has 0 spiro atoms. The average molecular weight is 464 g/mol. The first-order valence-electron chi connectivity index (χ1n) is 12.1. The van der Waals surface area contributed by atoms with Crippen molar-refractivity contribution in [3.05, 3.63) is 72.8 Å². The fourth-order valence-corrected chi connectivity index (χ4v) is 6.33. The molecule has 0 aliphatic heterocycles. The molecule has 0 fully saturated rings. The minimum Gasteiger partial charge on any atom is -0.371 e. The van der Waals surface area contributed by atoms with Crippen LogP contribution in [0.1, 0.15) is 20.8 Å². The van der Waals surface area contributed by atoms with E-state index in [0.717, 1.165) is 0 Å². The molecule has 0 aromatic heterocycles. The summed E-state index contributed by atoms with van der Waals surface area (Å²) in [5, 5.41) is 16.7. The molecule has 0 heterocycles. The number of rotatable bonds is 6. The van der Waals surface area contributed by atoms with Gasteiger partial charge >= 0.3 is 9.53 Å². The Morgan fingerprint density at radius 1 is 0.382 bits per heavy atom. The lowest BCUT2D eigenvalue weighted by Gasteiger charge is -2.20. The largest absolute Gasteiger partial charge is 0.577 e. The van der Waals surface area contributed by atoms with Crippen LogP contribution in [0.3, 0.4) is 0 Å². The summed E-state index contributed by atoms with van der Waals surface area (Å²) in [7, 11) is -1.40. The highest BCUT2D eigenvalue weighted by molar-refractivity contribution is 6.44. The van der Waals surface area contributed by atoms with E-state index in [1.54, 1.807) is 0 Å². The number of hydrogen-bond acceptors (Lipinski definition) is 3. The Morgan fingerprint density at radius 2 is 0.559 bits per heavy atom. The lowest BCUT2D eigenvalue weighted by molar-refractivity contribution is 0.107. The molecule has 169 valence electrons. The molecule has 0 atom stereocenters. The van der Waals surface area contributed by atoms with Crippen LogP contribution in [0, 0.1) is 0 Å². The quantitative estimate of drug-likeness (QED) is 0.142. The first-order chi connectivity index (χ1) is 16.7. The van der Waals surface area contributed by atoms with Crippen LogP contribution in [-0.2, 0) is 13.3 Å². The van der Waals surface area contributed by atoms with Crippen LogP contribution < -0.4 is 0 Å². The van der Waals surface area contributed by atoms with Crippen LogP contribution in [0.2, 0.25) is 0 Å². The zero-order valence-corrected chi connectivity index (χ0v) is 20.8. The third kappa shape index (κ3) is 3.22. The summed E-state index contributed by atoms with van der Waals surface area (Å²) < 4.78 is 15.5. The highest BCUT2D eigenvalue weighted by atomic mass is 28.3. The molecule has 0 aliphatic carbocycles.